The number of ether oxygens (including phenoxy) is 1. The molecule has 0 N–H and O–H groups in total. The molecule has 2 rings (SSSR count). The van der Waals surface area contributed by atoms with E-state index in [-0.39, 0.29) is 55.8 Å². The Kier molecular flexibility index (Phi) is 8.46. The molecule has 1 amide bonds. The number of oxazole rings is 1. The Morgan fingerprint density at radius 3 is 2.32 bits per heavy atom. The zero-order valence-corrected chi connectivity index (χ0v) is 19.6. The minimum Gasteiger partial charge on any atom is -0.484 e. The topological polar surface area (TPSA) is 102 Å². The summed E-state index contributed by atoms with van der Waals surface area (Å²) in [6.07, 6.45) is 7.03. The van der Waals surface area contributed by atoms with Gasteiger partial charge in [-0.2, -0.15) is 4.31 Å². The third-order valence-electron chi connectivity index (χ3n) is 5.21. The van der Waals surface area contributed by atoms with Gasteiger partial charge in [0.15, 0.2) is 12.4 Å². The van der Waals surface area contributed by atoms with Crippen LogP contribution in [0.15, 0.2) is 38.1 Å². The van der Waals surface area contributed by atoms with E-state index < -0.39 is 15.8 Å². The lowest BCUT2D eigenvalue weighted by Gasteiger charge is -2.34. The molecule has 0 spiro atoms. The van der Waals surface area contributed by atoms with Gasteiger partial charge in [-0.3, -0.25) is 9.36 Å². The number of sulfonamides is 1. The molecule has 1 aliphatic heterocycles. The van der Waals surface area contributed by atoms with Crippen molar-refractivity contribution < 1.29 is 22.4 Å². The maximum Gasteiger partial charge on any atom is 0.419 e. The summed E-state index contributed by atoms with van der Waals surface area (Å²) in [5.74, 6) is 0.118. The van der Waals surface area contributed by atoms with Crippen molar-refractivity contribution >= 4 is 22.0 Å². The van der Waals surface area contributed by atoms with E-state index in [1.165, 1.54) is 14.9 Å². The highest BCUT2D eigenvalue weighted by Crippen LogP contribution is 2.22. The molecular formula is C21H31N3O6S. The van der Waals surface area contributed by atoms with Crippen LogP contribution < -0.4 is 5.76 Å². The van der Waals surface area contributed by atoms with Gasteiger partial charge in [0.25, 0.3) is 5.91 Å². The summed E-state index contributed by atoms with van der Waals surface area (Å²) in [4.78, 5) is 25.9. The Hall–Kier alpha value is -2.59. The Labute approximate surface area is 183 Å². The second kappa shape index (κ2) is 10.6. The molecule has 31 heavy (non-hydrogen) atoms. The van der Waals surface area contributed by atoms with Gasteiger partial charge in [0.05, 0.1) is 10.6 Å². The third-order valence-corrected chi connectivity index (χ3v) is 7.33. The van der Waals surface area contributed by atoms with E-state index in [1.54, 1.807) is 37.9 Å². The first-order valence-corrected chi connectivity index (χ1v) is 11.7. The maximum atomic E-state index is 13.1. The van der Waals surface area contributed by atoms with Crippen molar-refractivity contribution in [3.05, 3.63) is 50.9 Å². The van der Waals surface area contributed by atoms with Crippen LogP contribution in [0.5, 0.6) is 0 Å². The Balaban J connectivity index is 2.06. The van der Waals surface area contributed by atoms with Crippen LogP contribution in [0.3, 0.4) is 0 Å². The highest BCUT2D eigenvalue weighted by Gasteiger charge is 2.31. The second-order valence-electron chi connectivity index (χ2n) is 7.11. The average molecular weight is 454 g/mol. The number of hydrogen-bond donors (Lipinski definition) is 0. The lowest BCUT2D eigenvalue weighted by molar-refractivity contribution is -0.135. The van der Waals surface area contributed by atoms with Crippen LogP contribution in [0.2, 0.25) is 0 Å². The molecule has 0 atom stereocenters. The number of rotatable bonds is 8. The lowest BCUT2D eigenvalue weighted by atomic mass is 10.3. The maximum absolute atomic E-state index is 13.1. The summed E-state index contributed by atoms with van der Waals surface area (Å²) >= 11 is 0. The van der Waals surface area contributed by atoms with Crippen molar-refractivity contribution in [2.75, 3.05) is 32.8 Å². The number of hydrogen-bond acceptors (Lipinski definition) is 6. The molecule has 9 nitrogen and oxygen atoms in total. The summed E-state index contributed by atoms with van der Waals surface area (Å²) < 4.78 is 39.6. The predicted molar refractivity (Wildman–Crippen MR) is 119 cm³/mol. The first kappa shape index (κ1) is 24.7. The molecule has 0 aromatic carbocycles. The van der Waals surface area contributed by atoms with E-state index in [0.717, 1.165) is 0 Å². The molecule has 0 radical (unpaired) electrons. The second-order valence-corrected chi connectivity index (χ2v) is 9.10. The molecule has 1 aliphatic rings. The minimum atomic E-state index is -3.74. The lowest BCUT2D eigenvalue weighted by Crippen LogP contribution is -2.51. The Morgan fingerprint density at radius 2 is 1.84 bits per heavy atom. The van der Waals surface area contributed by atoms with Gasteiger partial charge in [-0.05, 0) is 45.4 Å². The molecule has 0 aliphatic carbocycles. The van der Waals surface area contributed by atoms with Gasteiger partial charge in [0, 0.05) is 33.2 Å². The number of nitrogens with zero attached hydrogens (tertiary/aromatic N) is 3. The molecule has 1 aromatic heterocycles. The Morgan fingerprint density at radius 1 is 1.19 bits per heavy atom. The van der Waals surface area contributed by atoms with Crippen LogP contribution in [0, 0.1) is 6.92 Å². The molecule has 0 saturated carbocycles. The molecule has 10 heteroatoms. The largest absolute Gasteiger partial charge is 0.484 e. The standard InChI is InChI=1S/C21H31N3O6S/c1-6-9-17(7-2)29-15-20(25)23-10-12-24(13-11-23)31(27,28)18(8-3)14-19-16(4)22(5)21(26)30-19/h6-7,9,14H,8,10-13,15H2,1-5H3/b9-6-,17-7+,18-14+. The van der Waals surface area contributed by atoms with Gasteiger partial charge < -0.3 is 14.1 Å². The summed E-state index contributed by atoms with van der Waals surface area (Å²) in [6, 6.07) is 0. The summed E-state index contributed by atoms with van der Waals surface area (Å²) in [6.45, 7) is 7.97. The van der Waals surface area contributed by atoms with Crippen LogP contribution in [0.1, 0.15) is 38.6 Å². The number of amides is 1. The fourth-order valence-corrected chi connectivity index (χ4v) is 4.75. The first-order valence-electron chi connectivity index (χ1n) is 10.2. The SMILES string of the molecule is C/C=C\C(=C/C)OCC(=O)N1CCN(S(=O)(=O)/C(=C/c2oc(=O)n(C)c2C)CC)CC1. The summed E-state index contributed by atoms with van der Waals surface area (Å²) in [7, 11) is -2.18. The number of carbonyl (C=O) groups is 1. The van der Waals surface area contributed by atoms with E-state index in [2.05, 4.69) is 0 Å². The fourth-order valence-electron chi connectivity index (χ4n) is 3.15. The van der Waals surface area contributed by atoms with E-state index in [1.807, 2.05) is 19.9 Å². The van der Waals surface area contributed by atoms with Gasteiger partial charge >= 0.3 is 5.76 Å². The molecule has 172 valence electrons. The third kappa shape index (κ3) is 5.76. The van der Waals surface area contributed by atoms with Gasteiger partial charge in [-0.25, -0.2) is 13.2 Å². The first-order chi connectivity index (χ1) is 14.6. The van der Waals surface area contributed by atoms with Crippen LogP contribution in [-0.4, -0.2) is 60.9 Å². The monoisotopic (exact) mass is 453 g/mol. The number of aromatic nitrogens is 1. The quantitative estimate of drug-likeness (QED) is 0.441. The molecule has 0 unspecified atom stereocenters. The zero-order chi connectivity index (χ0) is 23.2. The van der Waals surface area contributed by atoms with E-state index in [4.69, 9.17) is 9.15 Å². The van der Waals surface area contributed by atoms with Gasteiger partial charge in [-0.1, -0.05) is 13.0 Å². The zero-order valence-electron chi connectivity index (χ0n) is 18.8. The highest BCUT2D eigenvalue weighted by molar-refractivity contribution is 7.93. The minimum absolute atomic E-state index is 0.0941. The number of piperazine rings is 1. The van der Waals surface area contributed by atoms with Crippen molar-refractivity contribution in [2.45, 2.75) is 34.1 Å². The van der Waals surface area contributed by atoms with Gasteiger partial charge in [-0.15, -0.1) is 0 Å². The van der Waals surface area contributed by atoms with Crippen LogP contribution >= 0.6 is 0 Å². The van der Waals surface area contributed by atoms with E-state index in [0.29, 0.717) is 11.5 Å². The fraction of sp³-hybridized carbons (Fsp3) is 0.524. The smallest absolute Gasteiger partial charge is 0.419 e. The molecular weight excluding hydrogens is 422 g/mol. The van der Waals surface area contributed by atoms with Crippen LogP contribution in [-0.2, 0) is 26.6 Å². The summed E-state index contributed by atoms with van der Waals surface area (Å²) in [5.41, 5.74) is 0.556. The number of carbonyl (C=O) groups excluding carboxylic acids is 1. The molecule has 1 aromatic rings. The molecule has 1 fully saturated rings. The van der Waals surface area contributed by atoms with Crippen LogP contribution in [0.4, 0.5) is 0 Å². The van der Waals surface area contributed by atoms with E-state index >= 15 is 0 Å². The predicted octanol–water partition coefficient (Wildman–Crippen LogP) is 2.01. The van der Waals surface area contributed by atoms with Gasteiger partial charge in [0.2, 0.25) is 10.0 Å². The van der Waals surface area contributed by atoms with E-state index in [9.17, 15) is 18.0 Å². The van der Waals surface area contributed by atoms with Crippen molar-refractivity contribution in [3.8, 4) is 0 Å². The summed E-state index contributed by atoms with van der Waals surface area (Å²) in [5, 5.41) is 0. The van der Waals surface area contributed by atoms with Gasteiger partial charge in [0.1, 0.15) is 5.76 Å². The van der Waals surface area contributed by atoms with Crippen molar-refractivity contribution in [2.24, 2.45) is 7.05 Å². The average Bonchev–Trinajstić information content (AvgIpc) is 3.01. The highest BCUT2D eigenvalue weighted by atomic mass is 32.2. The number of allylic oxidation sites excluding steroid dienone is 4. The normalized spacial score (nSPS) is 16.9. The van der Waals surface area contributed by atoms with Crippen molar-refractivity contribution in [1.29, 1.82) is 0 Å². The molecule has 2 heterocycles. The van der Waals surface area contributed by atoms with Crippen molar-refractivity contribution in [1.82, 2.24) is 13.8 Å². The molecule has 0 bridgehead atoms. The molecule has 1 saturated heterocycles. The van der Waals surface area contributed by atoms with Crippen molar-refractivity contribution in [3.63, 3.8) is 0 Å². The Bertz CT molecular complexity index is 1040. The van der Waals surface area contributed by atoms with Crippen LogP contribution in [0.25, 0.3) is 6.08 Å².